The van der Waals surface area contributed by atoms with Gasteiger partial charge in [0.05, 0.1) is 11.6 Å². The van der Waals surface area contributed by atoms with E-state index in [2.05, 4.69) is 21.2 Å². The van der Waals surface area contributed by atoms with Gasteiger partial charge < -0.3 is 14.5 Å². The first kappa shape index (κ1) is 14.9. The lowest BCUT2D eigenvalue weighted by molar-refractivity contribution is 0.415. The maximum Gasteiger partial charge on any atom is 0.360 e. The van der Waals surface area contributed by atoms with Crippen molar-refractivity contribution in [2.24, 2.45) is 0 Å². The van der Waals surface area contributed by atoms with Crippen molar-refractivity contribution in [2.75, 3.05) is 12.4 Å². The summed E-state index contributed by atoms with van der Waals surface area (Å²) in [6, 6.07) is 12.4. The third-order valence-corrected chi connectivity index (χ3v) is 3.93. The van der Waals surface area contributed by atoms with E-state index in [0.29, 0.717) is 20.8 Å². The molecule has 0 saturated carbocycles. The van der Waals surface area contributed by atoms with Gasteiger partial charge >= 0.3 is 5.63 Å². The number of nitrogens with one attached hydrogen (secondary N) is 1. The van der Waals surface area contributed by atoms with Gasteiger partial charge in [-0.05, 0) is 58.4 Å². The fraction of sp³-hybridized carbons (Fsp3) is 0.0625. The van der Waals surface area contributed by atoms with Crippen LogP contribution in [0, 0.1) is 0 Å². The molecule has 0 fully saturated rings. The monoisotopic (exact) mass is 379 g/mol. The number of fused-ring (bicyclic) bond motifs is 1. The Labute approximate surface area is 139 Å². The van der Waals surface area contributed by atoms with Gasteiger partial charge in [-0.3, -0.25) is 0 Å². The summed E-state index contributed by atoms with van der Waals surface area (Å²) in [5.74, 6) is 0.742. The zero-order valence-electron chi connectivity index (χ0n) is 11.5. The zero-order valence-corrected chi connectivity index (χ0v) is 13.9. The molecule has 3 rings (SSSR count). The molecule has 1 N–H and O–H groups in total. The highest BCUT2D eigenvalue weighted by Gasteiger charge is 2.09. The maximum absolute atomic E-state index is 12.1. The molecule has 4 nitrogen and oxygen atoms in total. The summed E-state index contributed by atoms with van der Waals surface area (Å²) in [5.41, 5.74) is 1.11. The minimum Gasteiger partial charge on any atom is -0.497 e. The fourth-order valence-electron chi connectivity index (χ4n) is 2.07. The molecule has 0 bridgehead atoms. The summed E-state index contributed by atoms with van der Waals surface area (Å²) in [7, 11) is 1.60. The van der Waals surface area contributed by atoms with Crippen molar-refractivity contribution in [1.82, 2.24) is 0 Å². The number of benzene rings is 2. The molecule has 0 aliphatic rings. The summed E-state index contributed by atoms with van der Waals surface area (Å²) in [6.45, 7) is 0. The Hall–Kier alpha value is -1.98. The number of anilines is 2. The van der Waals surface area contributed by atoms with Crippen LogP contribution in [-0.2, 0) is 0 Å². The summed E-state index contributed by atoms with van der Waals surface area (Å²) in [4.78, 5) is 12.1. The maximum atomic E-state index is 12.1. The van der Waals surface area contributed by atoms with Gasteiger partial charge in [0.15, 0.2) is 5.58 Å². The molecule has 3 aromatic rings. The van der Waals surface area contributed by atoms with E-state index in [-0.39, 0.29) is 0 Å². The van der Waals surface area contributed by atoms with Crippen LogP contribution >= 0.6 is 27.5 Å². The highest BCUT2D eigenvalue weighted by atomic mass is 79.9. The summed E-state index contributed by atoms with van der Waals surface area (Å²) >= 11 is 9.36. The minimum absolute atomic E-state index is 0.340. The van der Waals surface area contributed by atoms with Gasteiger partial charge in [-0.2, -0.15) is 0 Å². The minimum atomic E-state index is -0.452. The van der Waals surface area contributed by atoms with Crippen molar-refractivity contribution < 1.29 is 9.15 Å². The first-order valence-electron chi connectivity index (χ1n) is 6.41. The molecule has 0 unspecified atom stereocenters. The van der Waals surface area contributed by atoms with Crippen LogP contribution in [0.1, 0.15) is 0 Å². The number of hydrogen-bond acceptors (Lipinski definition) is 4. The Kier molecular flexibility index (Phi) is 4.09. The quantitative estimate of drug-likeness (QED) is 0.652. The van der Waals surface area contributed by atoms with Crippen LogP contribution in [0.5, 0.6) is 5.75 Å². The molecular weight excluding hydrogens is 370 g/mol. The van der Waals surface area contributed by atoms with Crippen LogP contribution in [0.25, 0.3) is 11.0 Å². The molecule has 0 spiro atoms. The van der Waals surface area contributed by atoms with E-state index in [0.717, 1.165) is 16.8 Å². The van der Waals surface area contributed by atoms with Gasteiger partial charge in [-0.15, -0.1) is 0 Å². The van der Waals surface area contributed by atoms with Gasteiger partial charge in [-0.25, -0.2) is 4.79 Å². The Balaban J connectivity index is 2.03. The second kappa shape index (κ2) is 6.02. The van der Waals surface area contributed by atoms with Gasteiger partial charge in [0.1, 0.15) is 11.4 Å². The summed E-state index contributed by atoms with van der Waals surface area (Å²) in [5, 5.41) is 4.32. The molecule has 112 valence electrons. The highest BCUT2D eigenvalue weighted by Crippen LogP contribution is 2.29. The standard InChI is InChI=1S/C16H11BrClNO3/c1-21-12-4-2-11(3-5-12)19-14-7-9-6-10(18)8-13(17)15(9)22-16(14)20/h2-8,19H,1H3. The van der Waals surface area contributed by atoms with E-state index in [1.807, 2.05) is 12.1 Å². The smallest absolute Gasteiger partial charge is 0.360 e. The molecule has 6 heteroatoms. The second-order valence-corrected chi connectivity index (χ2v) is 5.90. The SMILES string of the molecule is COc1ccc(Nc2cc3cc(Cl)cc(Br)c3oc2=O)cc1. The number of methoxy groups -OCH3 is 1. The predicted octanol–water partition coefficient (Wildman–Crippen LogP) is 4.96. The lowest BCUT2D eigenvalue weighted by Crippen LogP contribution is -2.06. The molecule has 1 heterocycles. The van der Waals surface area contributed by atoms with E-state index >= 15 is 0 Å². The average molecular weight is 381 g/mol. The van der Waals surface area contributed by atoms with Crippen molar-refractivity contribution in [2.45, 2.75) is 0 Å². The normalized spacial score (nSPS) is 10.7. The Morgan fingerprint density at radius 2 is 1.91 bits per heavy atom. The van der Waals surface area contributed by atoms with E-state index in [1.54, 1.807) is 37.4 Å². The molecule has 0 aliphatic carbocycles. The van der Waals surface area contributed by atoms with Crippen LogP contribution in [0.4, 0.5) is 11.4 Å². The second-order valence-electron chi connectivity index (χ2n) is 4.61. The Bertz CT molecular complexity index is 890. The zero-order chi connectivity index (χ0) is 15.7. The lowest BCUT2D eigenvalue weighted by atomic mass is 10.2. The third kappa shape index (κ3) is 2.96. The molecule has 0 aliphatic heterocycles. The number of halogens is 2. The number of ether oxygens (including phenoxy) is 1. The third-order valence-electron chi connectivity index (χ3n) is 3.12. The van der Waals surface area contributed by atoms with Gasteiger partial charge in [0.25, 0.3) is 0 Å². The average Bonchev–Trinajstić information content (AvgIpc) is 2.50. The summed E-state index contributed by atoms with van der Waals surface area (Å²) in [6.07, 6.45) is 0. The van der Waals surface area contributed by atoms with Crippen molar-refractivity contribution in [3.63, 3.8) is 0 Å². The van der Waals surface area contributed by atoms with Gasteiger partial charge in [0, 0.05) is 16.1 Å². The van der Waals surface area contributed by atoms with Crippen LogP contribution < -0.4 is 15.7 Å². The first-order valence-corrected chi connectivity index (χ1v) is 7.58. The van der Waals surface area contributed by atoms with Crippen LogP contribution in [0.15, 0.2) is 56.1 Å². The molecule has 2 aromatic carbocycles. The van der Waals surface area contributed by atoms with Crippen molar-refractivity contribution in [3.05, 3.63) is 62.4 Å². The van der Waals surface area contributed by atoms with E-state index < -0.39 is 5.63 Å². The first-order chi connectivity index (χ1) is 10.6. The molecule has 0 saturated heterocycles. The molecule has 0 radical (unpaired) electrons. The number of rotatable bonds is 3. The lowest BCUT2D eigenvalue weighted by Gasteiger charge is -2.08. The molecule has 0 amide bonds. The topological polar surface area (TPSA) is 51.5 Å². The van der Waals surface area contributed by atoms with Crippen LogP contribution in [-0.4, -0.2) is 7.11 Å². The number of hydrogen-bond donors (Lipinski definition) is 1. The van der Waals surface area contributed by atoms with E-state index in [4.69, 9.17) is 20.8 Å². The Morgan fingerprint density at radius 1 is 1.18 bits per heavy atom. The molecule has 1 aromatic heterocycles. The fourth-order valence-corrected chi connectivity index (χ4v) is 2.99. The Morgan fingerprint density at radius 3 is 2.59 bits per heavy atom. The summed E-state index contributed by atoms with van der Waals surface area (Å²) < 4.78 is 11.1. The largest absolute Gasteiger partial charge is 0.497 e. The van der Waals surface area contributed by atoms with Crippen molar-refractivity contribution in [3.8, 4) is 5.75 Å². The molecule has 0 atom stereocenters. The van der Waals surface area contributed by atoms with Crippen molar-refractivity contribution in [1.29, 1.82) is 0 Å². The van der Waals surface area contributed by atoms with Crippen molar-refractivity contribution >= 4 is 49.9 Å². The van der Waals surface area contributed by atoms with Gasteiger partial charge in [0.2, 0.25) is 0 Å². The molecule has 22 heavy (non-hydrogen) atoms. The van der Waals surface area contributed by atoms with E-state index in [9.17, 15) is 4.79 Å². The highest BCUT2D eigenvalue weighted by molar-refractivity contribution is 9.10. The van der Waals surface area contributed by atoms with Crippen LogP contribution in [0.3, 0.4) is 0 Å². The predicted molar refractivity (Wildman–Crippen MR) is 91.5 cm³/mol. The molecular formula is C16H11BrClNO3. The van der Waals surface area contributed by atoms with Crippen LogP contribution in [0.2, 0.25) is 5.02 Å². The van der Waals surface area contributed by atoms with Gasteiger partial charge in [-0.1, -0.05) is 11.6 Å². The van der Waals surface area contributed by atoms with E-state index in [1.165, 1.54) is 0 Å².